The number of hydrogen-bond acceptors (Lipinski definition) is 5. The van der Waals surface area contributed by atoms with E-state index in [1.165, 1.54) is 19.3 Å². The van der Waals surface area contributed by atoms with Gasteiger partial charge in [-0.25, -0.2) is 4.68 Å². The number of amides is 1. The lowest BCUT2D eigenvalue weighted by Gasteiger charge is -2.29. The van der Waals surface area contributed by atoms with Crippen LogP contribution in [0.3, 0.4) is 0 Å². The molecule has 1 unspecified atom stereocenters. The second kappa shape index (κ2) is 11.1. The Morgan fingerprint density at radius 1 is 1.23 bits per heavy atom. The molecule has 0 saturated carbocycles. The highest BCUT2D eigenvalue weighted by Gasteiger charge is 2.24. The highest BCUT2D eigenvalue weighted by molar-refractivity contribution is 5.93. The van der Waals surface area contributed by atoms with E-state index in [2.05, 4.69) is 32.8 Å². The quantitative estimate of drug-likeness (QED) is 0.781. The van der Waals surface area contributed by atoms with Crippen LogP contribution in [-0.4, -0.2) is 64.6 Å². The maximum Gasteiger partial charge on any atom is 0.274 e. The molecule has 1 aromatic rings. The third-order valence-electron chi connectivity index (χ3n) is 5.16. The fraction of sp³-hybridized carbons (Fsp3) is 0.824. The topological polar surface area (TPSA) is 75.1 Å². The molecule has 7 nitrogen and oxygen atoms in total. The van der Waals surface area contributed by atoms with Crippen LogP contribution in [0, 0.1) is 6.92 Å². The van der Waals surface area contributed by atoms with Crippen molar-refractivity contribution in [2.45, 2.75) is 58.0 Å². The Balaban J connectivity index is 0.00000169. The molecule has 1 amide bonds. The summed E-state index contributed by atoms with van der Waals surface area (Å²) in [6.07, 6.45) is 5.94. The van der Waals surface area contributed by atoms with Gasteiger partial charge >= 0.3 is 0 Å². The van der Waals surface area contributed by atoms with E-state index in [0.29, 0.717) is 11.7 Å². The minimum atomic E-state index is -0.0998. The van der Waals surface area contributed by atoms with Crippen molar-refractivity contribution in [3.63, 3.8) is 0 Å². The minimum Gasteiger partial charge on any atom is -0.347 e. The van der Waals surface area contributed by atoms with Crippen molar-refractivity contribution < 1.29 is 4.79 Å². The number of likely N-dealkylation sites (tertiary alicyclic amines) is 1. The lowest BCUT2D eigenvalue weighted by atomic mass is 10.1. The zero-order chi connectivity index (χ0) is 16.9. The largest absolute Gasteiger partial charge is 0.347 e. The maximum atomic E-state index is 12.6. The van der Waals surface area contributed by atoms with Crippen molar-refractivity contribution in [3.05, 3.63) is 11.4 Å². The molecule has 2 N–H and O–H groups in total. The van der Waals surface area contributed by atoms with E-state index in [-0.39, 0.29) is 36.8 Å². The molecule has 9 heteroatoms. The zero-order valence-electron chi connectivity index (χ0n) is 15.7. The number of carbonyl (C=O) groups is 1. The third-order valence-corrected chi connectivity index (χ3v) is 5.16. The first-order valence-corrected chi connectivity index (χ1v) is 9.31. The zero-order valence-corrected chi connectivity index (χ0v) is 17.4. The van der Waals surface area contributed by atoms with Crippen molar-refractivity contribution in [2.75, 3.05) is 32.7 Å². The molecule has 2 saturated heterocycles. The molecule has 3 heterocycles. The molecule has 26 heavy (non-hydrogen) atoms. The summed E-state index contributed by atoms with van der Waals surface area (Å²) in [6, 6.07) is 0.477. The fourth-order valence-electron chi connectivity index (χ4n) is 3.82. The Morgan fingerprint density at radius 2 is 1.88 bits per heavy atom. The van der Waals surface area contributed by atoms with E-state index in [1.54, 1.807) is 0 Å². The molecule has 2 fully saturated rings. The first-order chi connectivity index (χ1) is 11.6. The number of nitrogens with zero attached hydrogens (tertiary/aromatic N) is 4. The monoisotopic (exact) mass is 406 g/mol. The summed E-state index contributed by atoms with van der Waals surface area (Å²) < 4.78 is 1.94. The summed E-state index contributed by atoms with van der Waals surface area (Å²) in [5.74, 6) is -0.0998. The molecule has 0 spiro atoms. The smallest absolute Gasteiger partial charge is 0.274 e. The highest BCUT2D eigenvalue weighted by Crippen LogP contribution is 2.20. The number of carbonyl (C=O) groups excluding carboxylic acids is 1. The van der Waals surface area contributed by atoms with Crippen LogP contribution in [0.25, 0.3) is 0 Å². The molecule has 0 aliphatic carbocycles. The van der Waals surface area contributed by atoms with Crippen LogP contribution in [-0.2, 0) is 0 Å². The van der Waals surface area contributed by atoms with Gasteiger partial charge in [0, 0.05) is 12.6 Å². The van der Waals surface area contributed by atoms with Gasteiger partial charge in [-0.3, -0.25) is 4.79 Å². The predicted octanol–water partition coefficient (Wildman–Crippen LogP) is 1.96. The van der Waals surface area contributed by atoms with Crippen LogP contribution in [0.4, 0.5) is 0 Å². The van der Waals surface area contributed by atoms with Crippen molar-refractivity contribution in [1.82, 2.24) is 30.5 Å². The SMILES string of the molecule is Cc1c(C(=O)NC(C)CN2CCCCC2)nnn1C1CCNCC1.Cl.Cl. The van der Waals surface area contributed by atoms with Gasteiger partial charge in [-0.15, -0.1) is 29.9 Å². The van der Waals surface area contributed by atoms with Gasteiger partial charge in [0.1, 0.15) is 0 Å². The van der Waals surface area contributed by atoms with Crippen molar-refractivity contribution in [2.24, 2.45) is 0 Å². The minimum absolute atomic E-state index is 0. The summed E-state index contributed by atoms with van der Waals surface area (Å²) in [4.78, 5) is 15.0. The maximum absolute atomic E-state index is 12.6. The lowest BCUT2D eigenvalue weighted by molar-refractivity contribution is 0.0920. The first kappa shape index (κ1) is 23.1. The number of rotatable bonds is 5. The van der Waals surface area contributed by atoms with Gasteiger partial charge in [0.15, 0.2) is 5.69 Å². The summed E-state index contributed by atoms with van der Waals surface area (Å²) in [6.45, 7) is 9.21. The van der Waals surface area contributed by atoms with Crippen LogP contribution >= 0.6 is 24.8 Å². The molecule has 0 aromatic carbocycles. The molecular formula is C17H32Cl2N6O. The van der Waals surface area contributed by atoms with Crippen LogP contribution in [0.1, 0.15) is 61.3 Å². The lowest BCUT2D eigenvalue weighted by Crippen LogP contribution is -2.44. The van der Waals surface area contributed by atoms with Crippen molar-refractivity contribution in [3.8, 4) is 0 Å². The van der Waals surface area contributed by atoms with E-state index >= 15 is 0 Å². The van der Waals surface area contributed by atoms with Crippen molar-refractivity contribution in [1.29, 1.82) is 0 Å². The number of hydrogen-bond donors (Lipinski definition) is 2. The fourth-order valence-corrected chi connectivity index (χ4v) is 3.82. The molecular weight excluding hydrogens is 375 g/mol. The normalized spacial score (nSPS) is 19.9. The number of piperidine rings is 2. The van der Waals surface area contributed by atoms with Gasteiger partial charge < -0.3 is 15.5 Å². The number of halogens is 2. The average Bonchev–Trinajstić information content (AvgIpc) is 2.98. The van der Waals surface area contributed by atoms with Crippen LogP contribution in [0.2, 0.25) is 0 Å². The molecule has 0 bridgehead atoms. The second-order valence-electron chi connectivity index (χ2n) is 7.18. The van der Waals surface area contributed by atoms with Crippen LogP contribution < -0.4 is 10.6 Å². The Labute approximate surface area is 168 Å². The molecule has 2 aliphatic heterocycles. The van der Waals surface area contributed by atoms with Crippen molar-refractivity contribution >= 4 is 30.7 Å². The molecule has 1 aromatic heterocycles. The summed E-state index contributed by atoms with van der Waals surface area (Å²) in [7, 11) is 0. The standard InChI is InChI=1S/C17H30N6O.2ClH/c1-13(12-22-10-4-3-5-11-22)19-17(24)16-14(2)23(21-20-16)15-6-8-18-9-7-15;;/h13,15,18H,3-12H2,1-2H3,(H,19,24);2*1H. The van der Waals surface area contributed by atoms with Crippen LogP contribution in [0.5, 0.6) is 0 Å². The Bertz CT molecular complexity index is 555. The molecule has 2 aliphatic rings. The van der Waals surface area contributed by atoms with Crippen LogP contribution in [0.15, 0.2) is 0 Å². The third kappa shape index (κ3) is 5.81. The van der Waals surface area contributed by atoms with Gasteiger partial charge in [-0.2, -0.15) is 0 Å². The summed E-state index contributed by atoms with van der Waals surface area (Å²) >= 11 is 0. The van der Waals surface area contributed by atoms with E-state index in [1.807, 2.05) is 11.6 Å². The van der Waals surface area contributed by atoms with E-state index in [4.69, 9.17) is 0 Å². The number of nitrogens with one attached hydrogen (secondary N) is 2. The second-order valence-corrected chi connectivity index (χ2v) is 7.18. The van der Waals surface area contributed by atoms with E-state index < -0.39 is 0 Å². The molecule has 1 atom stereocenters. The van der Waals surface area contributed by atoms with Gasteiger partial charge in [-0.1, -0.05) is 11.6 Å². The summed E-state index contributed by atoms with van der Waals surface area (Å²) in [5.41, 5.74) is 1.35. The van der Waals surface area contributed by atoms with Gasteiger partial charge in [0.2, 0.25) is 0 Å². The molecule has 0 radical (unpaired) electrons. The van der Waals surface area contributed by atoms with E-state index in [9.17, 15) is 4.79 Å². The molecule has 3 rings (SSSR count). The van der Waals surface area contributed by atoms with E-state index in [0.717, 1.165) is 51.3 Å². The van der Waals surface area contributed by atoms with Gasteiger partial charge in [-0.05, 0) is 65.7 Å². The Morgan fingerprint density at radius 3 is 2.54 bits per heavy atom. The van der Waals surface area contributed by atoms with Gasteiger partial charge in [0.25, 0.3) is 5.91 Å². The summed E-state index contributed by atoms with van der Waals surface area (Å²) in [5, 5.41) is 14.9. The Hall–Kier alpha value is -0.890. The van der Waals surface area contributed by atoms with Gasteiger partial charge in [0.05, 0.1) is 11.7 Å². The Kier molecular flexibility index (Phi) is 9.85. The average molecular weight is 407 g/mol. The highest BCUT2D eigenvalue weighted by atomic mass is 35.5. The predicted molar refractivity (Wildman–Crippen MR) is 108 cm³/mol. The number of aromatic nitrogens is 3. The first-order valence-electron chi connectivity index (χ1n) is 9.31. The molecule has 150 valence electrons.